The zero-order valence-corrected chi connectivity index (χ0v) is 21.1. The molecule has 0 fully saturated rings. The van der Waals surface area contributed by atoms with Crippen LogP contribution in [0.25, 0.3) is 0 Å². The van der Waals surface area contributed by atoms with E-state index in [1.54, 1.807) is 30.3 Å². The van der Waals surface area contributed by atoms with E-state index in [0.717, 1.165) is 11.1 Å². The molecule has 37 heavy (non-hydrogen) atoms. The molecule has 4 unspecified atom stereocenters. The average molecular weight is 513 g/mol. The van der Waals surface area contributed by atoms with Crippen molar-refractivity contribution in [1.82, 2.24) is 16.0 Å². The fraction of sp³-hybridized carbons (Fsp3) is 0.407. The molecule has 0 aliphatic carbocycles. The third-order valence-electron chi connectivity index (χ3n) is 5.69. The lowest BCUT2D eigenvalue weighted by Gasteiger charge is -2.25. The van der Waals surface area contributed by atoms with Crippen LogP contribution in [0.4, 0.5) is 0 Å². The van der Waals surface area contributed by atoms with E-state index < -0.39 is 54.5 Å². The smallest absolute Gasteiger partial charge is 0.326 e. The lowest BCUT2D eigenvalue weighted by molar-refractivity contribution is -0.142. The normalized spacial score (nSPS) is 14.2. The van der Waals surface area contributed by atoms with Gasteiger partial charge in [-0.2, -0.15) is 0 Å². The van der Waals surface area contributed by atoms with Crippen molar-refractivity contribution in [2.24, 2.45) is 11.7 Å². The van der Waals surface area contributed by atoms with Gasteiger partial charge in [0.2, 0.25) is 17.7 Å². The van der Waals surface area contributed by atoms with Crippen LogP contribution in [0.5, 0.6) is 0 Å². The number of benzene rings is 2. The highest BCUT2D eigenvalue weighted by Gasteiger charge is 2.30. The number of carboxylic acid groups (broad SMARTS) is 1. The molecule has 0 heterocycles. The van der Waals surface area contributed by atoms with E-state index in [9.17, 15) is 29.4 Å². The maximum atomic E-state index is 13.1. The number of nitrogens with one attached hydrogen (secondary N) is 3. The second-order valence-corrected chi connectivity index (χ2v) is 9.32. The number of carboxylic acids is 1. The molecule has 2 rings (SSSR count). The summed E-state index contributed by atoms with van der Waals surface area (Å²) < 4.78 is 0. The summed E-state index contributed by atoms with van der Waals surface area (Å²) in [5.41, 5.74) is 7.55. The van der Waals surface area contributed by atoms with Crippen molar-refractivity contribution in [2.75, 3.05) is 6.61 Å². The molecule has 0 aliphatic heterocycles. The van der Waals surface area contributed by atoms with Crippen LogP contribution in [0.15, 0.2) is 60.7 Å². The van der Waals surface area contributed by atoms with Crippen molar-refractivity contribution in [3.8, 4) is 0 Å². The van der Waals surface area contributed by atoms with Gasteiger partial charge < -0.3 is 31.9 Å². The van der Waals surface area contributed by atoms with Gasteiger partial charge in [-0.25, -0.2) is 4.79 Å². The van der Waals surface area contributed by atoms with Crippen LogP contribution in [0.3, 0.4) is 0 Å². The minimum absolute atomic E-state index is 0.0117. The Labute approximate surface area is 216 Å². The molecule has 0 saturated carbocycles. The zero-order chi connectivity index (χ0) is 27.4. The van der Waals surface area contributed by atoms with E-state index in [0.29, 0.717) is 0 Å². The summed E-state index contributed by atoms with van der Waals surface area (Å²) in [4.78, 5) is 50.3. The summed E-state index contributed by atoms with van der Waals surface area (Å²) in [6.07, 6.45) is 0.519. The third-order valence-corrected chi connectivity index (χ3v) is 5.69. The monoisotopic (exact) mass is 512 g/mol. The minimum atomic E-state index is -1.36. The van der Waals surface area contributed by atoms with Crippen LogP contribution < -0.4 is 21.7 Å². The fourth-order valence-electron chi connectivity index (χ4n) is 3.73. The van der Waals surface area contributed by atoms with Gasteiger partial charge in [0.05, 0.1) is 12.6 Å². The minimum Gasteiger partial charge on any atom is -0.480 e. The zero-order valence-electron chi connectivity index (χ0n) is 21.1. The number of aliphatic hydroxyl groups excluding tert-OH is 1. The van der Waals surface area contributed by atoms with Gasteiger partial charge in [-0.3, -0.25) is 14.4 Å². The Morgan fingerprint density at radius 1 is 0.730 bits per heavy atom. The molecule has 10 nitrogen and oxygen atoms in total. The molecule has 0 saturated heterocycles. The van der Waals surface area contributed by atoms with E-state index in [2.05, 4.69) is 16.0 Å². The van der Waals surface area contributed by atoms with Crippen LogP contribution in [0.1, 0.15) is 31.4 Å². The molecule has 10 heteroatoms. The molecule has 0 spiro atoms. The summed E-state index contributed by atoms with van der Waals surface area (Å²) in [5, 5.41) is 26.8. The number of carbonyl (C=O) groups is 4. The molecule has 3 amide bonds. The van der Waals surface area contributed by atoms with E-state index in [1.165, 1.54) is 0 Å². The Balaban J connectivity index is 2.12. The van der Waals surface area contributed by atoms with E-state index in [1.807, 2.05) is 44.2 Å². The number of carbonyl (C=O) groups excluding carboxylic acids is 3. The maximum Gasteiger partial charge on any atom is 0.326 e. The first kappa shape index (κ1) is 29.5. The Hall–Kier alpha value is -3.76. The molecule has 4 atom stereocenters. The SMILES string of the molecule is CC(C)CC(NC(=O)C(Cc1ccccc1)NC(=O)C(CO)NC(=O)C(N)Cc1ccccc1)C(=O)O. The van der Waals surface area contributed by atoms with Crippen molar-refractivity contribution >= 4 is 23.7 Å². The number of amides is 3. The molecule has 0 radical (unpaired) electrons. The first-order valence-corrected chi connectivity index (χ1v) is 12.2. The van der Waals surface area contributed by atoms with E-state index in [-0.39, 0.29) is 25.2 Å². The molecule has 0 aromatic heterocycles. The van der Waals surface area contributed by atoms with Crippen LogP contribution >= 0.6 is 0 Å². The van der Waals surface area contributed by atoms with Crippen molar-refractivity contribution in [3.05, 3.63) is 71.8 Å². The molecular formula is C27H36N4O6. The van der Waals surface area contributed by atoms with Crippen LogP contribution in [0.2, 0.25) is 0 Å². The van der Waals surface area contributed by atoms with Gasteiger partial charge in [0.15, 0.2) is 0 Å². The number of aliphatic hydroxyl groups is 1. The highest BCUT2D eigenvalue weighted by molar-refractivity contribution is 5.94. The van der Waals surface area contributed by atoms with Crippen molar-refractivity contribution in [2.45, 2.75) is 57.3 Å². The highest BCUT2D eigenvalue weighted by atomic mass is 16.4. The van der Waals surface area contributed by atoms with Crippen molar-refractivity contribution in [3.63, 3.8) is 0 Å². The molecular weight excluding hydrogens is 476 g/mol. The summed E-state index contributed by atoms with van der Waals surface area (Å²) in [5.74, 6) is -3.29. The van der Waals surface area contributed by atoms with Gasteiger partial charge in [0.25, 0.3) is 0 Å². The number of nitrogens with two attached hydrogens (primary N) is 1. The number of hydrogen-bond donors (Lipinski definition) is 6. The second-order valence-electron chi connectivity index (χ2n) is 9.32. The average Bonchev–Trinajstić information content (AvgIpc) is 2.87. The Bertz CT molecular complexity index is 1030. The van der Waals surface area contributed by atoms with Crippen molar-refractivity contribution in [1.29, 1.82) is 0 Å². The first-order valence-electron chi connectivity index (χ1n) is 12.2. The van der Waals surface area contributed by atoms with Crippen LogP contribution in [-0.2, 0) is 32.0 Å². The summed E-state index contributed by atoms with van der Waals surface area (Å²) in [6, 6.07) is 13.4. The van der Waals surface area contributed by atoms with Gasteiger partial charge in [0, 0.05) is 6.42 Å². The Morgan fingerprint density at radius 2 is 1.19 bits per heavy atom. The lowest BCUT2D eigenvalue weighted by atomic mass is 10.0. The van der Waals surface area contributed by atoms with Gasteiger partial charge in [-0.05, 0) is 29.9 Å². The molecule has 2 aromatic rings. The molecule has 7 N–H and O–H groups in total. The molecule has 2 aromatic carbocycles. The van der Waals surface area contributed by atoms with Gasteiger partial charge in [0.1, 0.15) is 18.1 Å². The van der Waals surface area contributed by atoms with E-state index in [4.69, 9.17) is 5.73 Å². The Kier molecular flexibility index (Phi) is 11.7. The number of rotatable bonds is 14. The summed E-state index contributed by atoms with van der Waals surface area (Å²) in [6.45, 7) is 2.95. The van der Waals surface area contributed by atoms with Crippen LogP contribution in [0, 0.1) is 5.92 Å². The first-order chi connectivity index (χ1) is 17.6. The van der Waals surface area contributed by atoms with Gasteiger partial charge >= 0.3 is 5.97 Å². The maximum absolute atomic E-state index is 13.1. The predicted molar refractivity (Wildman–Crippen MR) is 138 cm³/mol. The summed E-state index contributed by atoms with van der Waals surface area (Å²) in [7, 11) is 0. The molecule has 0 bridgehead atoms. The Morgan fingerprint density at radius 3 is 1.68 bits per heavy atom. The molecule has 0 aliphatic rings. The lowest BCUT2D eigenvalue weighted by Crippen LogP contribution is -2.58. The highest BCUT2D eigenvalue weighted by Crippen LogP contribution is 2.08. The molecule has 200 valence electrons. The number of aliphatic carboxylic acids is 1. The van der Waals surface area contributed by atoms with Gasteiger partial charge in [-0.15, -0.1) is 0 Å². The number of hydrogen-bond acceptors (Lipinski definition) is 6. The largest absolute Gasteiger partial charge is 0.480 e. The summed E-state index contributed by atoms with van der Waals surface area (Å²) >= 11 is 0. The predicted octanol–water partition coefficient (Wildman–Crippen LogP) is 0.377. The quantitative estimate of drug-likeness (QED) is 0.212. The standard InChI is InChI=1S/C27H36N4O6/c1-17(2)13-22(27(36)37)30-25(34)21(15-19-11-7-4-8-12-19)29-26(35)23(16-32)31-24(33)20(28)14-18-9-5-3-6-10-18/h3-12,17,20-23,32H,13-16,28H2,1-2H3,(H,29,35)(H,30,34)(H,31,33)(H,36,37). The van der Waals surface area contributed by atoms with E-state index >= 15 is 0 Å². The van der Waals surface area contributed by atoms with Gasteiger partial charge in [-0.1, -0.05) is 74.5 Å². The van der Waals surface area contributed by atoms with Crippen molar-refractivity contribution < 1.29 is 29.4 Å². The van der Waals surface area contributed by atoms with Crippen LogP contribution in [-0.4, -0.2) is 64.7 Å². The third kappa shape index (κ3) is 10.0. The second kappa shape index (κ2) is 14.7. The fourth-order valence-corrected chi connectivity index (χ4v) is 3.73. The topological polar surface area (TPSA) is 171 Å².